The van der Waals surface area contributed by atoms with Gasteiger partial charge < -0.3 is 16.2 Å². The van der Waals surface area contributed by atoms with Gasteiger partial charge in [-0.25, -0.2) is 0 Å². The van der Waals surface area contributed by atoms with E-state index in [4.69, 9.17) is 16.2 Å². The second-order valence-corrected chi connectivity index (χ2v) is 3.31. The molecule has 13 heavy (non-hydrogen) atoms. The molecule has 0 unspecified atom stereocenters. The second-order valence-electron chi connectivity index (χ2n) is 3.31. The molecule has 3 heteroatoms. The van der Waals surface area contributed by atoms with Gasteiger partial charge in [-0.3, -0.25) is 0 Å². The summed E-state index contributed by atoms with van der Waals surface area (Å²) in [5.41, 5.74) is 10.7. The van der Waals surface area contributed by atoms with Gasteiger partial charge in [-0.15, -0.1) is 0 Å². The zero-order valence-electron chi connectivity index (χ0n) is 8.63. The summed E-state index contributed by atoms with van der Waals surface area (Å²) in [4.78, 5) is 0. The van der Waals surface area contributed by atoms with Crippen molar-refractivity contribution in [2.24, 2.45) is 11.5 Å². The highest BCUT2D eigenvalue weighted by atomic mass is 16.5. The number of rotatable bonds is 10. The molecule has 0 aromatic rings. The third-order valence-electron chi connectivity index (χ3n) is 2.00. The van der Waals surface area contributed by atoms with E-state index in [1.165, 1.54) is 38.5 Å². The van der Waals surface area contributed by atoms with Gasteiger partial charge in [-0.05, 0) is 19.4 Å². The van der Waals surface area contributed by atoms with E-state index in [1.807, 2.05) is 0 Å². The summed E-state index contributed by atoms with van der Waals surface area (Å²) < 4.78 is 5.27. The Kier molecular flexibility index (Phi) is 11.8. The molecule has 80 valence electrons. The molecule has 0 bridgehead atoms. The van der Waals surface area contributed by atoms with E-state index in [-0.39, 0.29) is 0 Å². The van der Waals surface area contributed by atoms with Crippen molar-refractivity contribution >= 4 is 0 Å². The Hall–Kier alpha value is -0.120. The largest absolute Gasteiger partial charge is 0.380 e. The fourth-order valence-electron chi connectivity index (χ4n) is 1.24. The van der Waals surface area contributed by atoms with E-state index < -0.39 is 0 Å². The number of unbranched alkanes of at least 4 members (excludes halogenated alkanes) is 5. The Bertz CT molecular complexity index is 79.0. The molecule has 0 aliphatic rings. The first kappa shape index (κ1) is 12.9. The number of hydrogen-bond acceptors (Lipinski definition) is 3. The van der Waals surface area contributed by atoms with Crippen LogP contribution in [0.1, 0.15) is 38.5 Å². The Balaban J connectivity index is 2.76. The Morgan fingerprint density at radius 3 is 1.85 bits per heavy atom. The standard InChI is InChI=1S/C10H24N2O/c11-7-5-3-1-2-4-6-9-13-10-8-12/h1-12H2. The van der Waals surface area contributed by atoms with Gasteiger partial charge in [0.2, 0.25) is 0 Å². The Morgan fingerprint density at radius 1 is 0.615 bits per heavy atom. The van der Waals surface area contributed by atoms with Crippen LogP contribution in [0.2, 0.25) is 0 Å². The lowest BCUT2D eigenvalue weighted by Gasteiger charge is -2.02. The van der Waals surface area contributed by atoms with Crippen molar-refractivity contribution in [3.05, 3.63) is 0 Å². The van der Waals surface area contributed by atoms with Crippen molar-refractivity contribution in [3.63, 3.8) is 0 Å². The summed E-state index contributed by atoms with van der Waals surface area (Å²) in [6.07, 6.45) is 7.52. The molecule has 0 atom stereocenters. The van der Waals surface area contributed by atoms with Crippen LogP contribution in [0, 0.1) is 0 Å². The third kappa shape index (κ3) is 11.9. The minimum absolute atomic E-state index is 0.635. The lowest BCUT2D eigenvalue weighted by molar-refractivity contribution is 0.137. The fourth-order valence-corrected chi connectivity index (χ4v) is 1.24. The highest BCUT2D eigenvalue weighted by Crippen LogP contribution is 2.04. The molecule has 0 fully saturated rings. The van der Waals surface area contributed by atoms with Crippen molar-refractivity contribution < 1.29 is 4.74 Å². The van der Waals surface area contributed by atoms with Gasteiger partial charge in [-0.2, -0.15) is 0 Å². The van der Waals surface area contributed by atoms with Gasteiger partial charge in [-0.1, -0.05) is 25.7 Å². The van der Waals surface area contributed by atoms with Crippen LogP contribution in [0.4, 0.5) is 0 Å². The average Bonchev–Trinajstić information content (AvgIpc) is 2.16. The average molecular weight is 188 g/mol. The molecule has 0 radical (unpaired) electrons. The first-order valence-electron chi connectivity index (χ1n) is 5.39. The van der Waals surface area contributed by atoms with Gasteiger partial charge in [0.1, 0.15) is 0 Å². The van der Waals surface area contributed by atoms with Crippen LogP contribution in [0.3, 0.4) is 0 Å². The van der Waals surface area contributed by atoms with Gasteiger partial charge in [0.05, 0.1) is 6.61 Å². The van der Waals surface area contributed by atoms with Crippen LogP contribution in [-0.2, 0) is 4.74 Å². The zero-order chi connectivity index (χ0) is 9.78. The first-order chi connectivity index (χ1) is 6.41. The number of ether oxygens (including phenoxy) is 1. The minimum atomic E-state index is 0.635. The zero-order valence-corrected chi connectivity index (χ0v) is 8.63. The molecule has 0 aromatic carbocycles. The summed E-state index contributed by atoms with van der Waals surface area (Å²) in [6, 6.07) is 0. The molecule has 4 N–H and O–H groups in total. The maximum atomic E-state index is 5.39. The first-order valence-corrected chi connectivity index (χ1v) is 5.39. The smallest absolute Gasteiger partial charge is 0.0588 e. The fraction of sp³-hybridized carbons (Fsp3) is 1.00. The summed E-state index contributed by atoms with van der Waals surface area (Å²) >= 11 is 0. The summed E-state index contributed by atoms with van der Waals surface area (Å²) in [5.74, 6) is 0. The normalized spacial score (nSPS) is 10.6. The predicted molar refractivity (Wildman–Crippen MR) is 56.6 cm³/mol. The van der Waals surface area contributed by atoms with E-state index in [2.05, 4.69) is 0 Å². The van der Waals surface area contributed by atoms with Crippen molar-refractivity contribution in [1.82, 2.24) is 0 Å². The van der Waals surface area contributed by atoms with Gasteiger partial charge >= 0.3 is 0 Å². The van der Waals surface area contributed by atoms with E-state index >= 15 is 0 Å². The topological polar surface area (TPSA) is 61.3 Å². The molecule has 0 saturated heterocycles. The lowest BCUT2D eigenvalue weighted by Crippen LogP contribution is -2.08. The monoisotopic (exact) mass is 188 g/mol. The second kappa shape index (κ2) is 11.9. The summed E-state index contributed by atoms with van der Waals surface area (Å²) in [5, 5.41) is 0. The van der Waals surface area contributed by atoms with Gasteiger partial charge in [0.25, 0.3) is 0 Å². The van der Waals surface area contributed by atoms with Crippen molar-refractivity contribution in [2.75, 3.05) is 26.3 Å². The third-order valence-corrected chi connectivity index (χ3v) is 2.00. The molecule has 0 rings (SSSR count). The van der Waals surface area contributed by atoms with Gasteiger partial charge in [0.15, 0.2) is 0 Å². The molecule has 0 spiro atoms. The molecule has 0 heterocycles. The highest BCUT2D eigenvalue weighted by Gasteiger charge is 1.90. The Labute approximate surface area is 81.8 Å². The molecule has 0 aromatic heterocycles. The maximum absolute atomic E-state index is 5.39. The van der Waals surface area contributed by atoms with Crippen LogP contribution in [0.25, 0.3) is 0 Å². The van der Waals surface area contributed by atoms with Gasteiger partial charge in [0, 0.05) is 13.2 Å². The van der Waals surface area contributed by atoms with Crippen LogP contribution in [0.5, 0.6) is 0 Å². The molecule has 0 amide bonds. The lowest BCUT2D eigenvalue weighted by atomic mass is 10.1. The minimum Gasteiger partial charge on any atom is -0.380 e. The van der Waals surface area contributed by atoms with E-state index in [9.17, 15) is 0 Å². The number of hydrogen-bond donors (Lipinski definition) is 2. The molecule has 3 nitrogen and oxygen atoms in total. The van der Waals surface area contributed by atoms with Crippen molar-refractivity contribution in [2.45, 2.75) is 38.5 Å². The molecule has 0 aliphatic heterocycles. The van der Waals surface area contributed by atoms with Crippen LogP contribution in [0.15, 0.2) is 0 Å². The molecule has 0 saturated carbocycles. The summed E-state index contributed by atoms with van der Waals surface area (Å²) in [6.45, 7) is 3.04. The quantitative estimate of drug-likeness (QED) is 0.507. The van der Waals surface area contributed by atoms with Crippen molar-refractivity contribution in [1.29, 1.82) is 0 Å². The SMILES string of the molecule is NCCCCCCCCOCCN. The molecular formula is C10H24N2O. The Morgan fingerprint density at radius 2 is 1.23 bits per heavy atom. The van der Waals surface area contributed by atoms with E-state index in [0.717, 1.165) is 13.2 Å². The predicted octanol–water partition coefficient (Wildman–Crippen LogP) is 1.26. The van der Waals surface area contributed by atoms with Crippen LogP contribution >= 0.6 is 0 Å². The molecule has 0 aliphatic carbocycles. The van der Waals surface area contributed by atoms with E-state index in [0.29, 0.717) is 13.2 Å². The number of nitrogens with two attached hydrogens (primary N) is 2. The highest BCUT2D eigenvalue weighted by molar-refractivity contribution is 4.45. The van der Waals surface area contributed by atoms with Crippen LogP contribution in [-0.4, -0.2) is 26.3 Å². The maximum Gasteiger partial charge on any atom is 0.0588 e. The summed E-state index contributed by atoms with van der Waals surface area (Å²) in [7, 11) is 0. The van der Waals surface area contributed by atoms with Crippen LogP contribution < -0.4 is 11.5 Å². The van der Waals surface area contributed by atoms with Crippen molar-refractivity contribution in [3.8, 4) is 0 Å². The molecular weight excluding hydrogens is 164 g/mol. The van der Waals surface area contributed by atoms with E-state index in [1.54, 1.807) is 0 Å².